The maximum atomic E-state index is 13.7. The maximum Gasteiger partial charge on any atom is 0.126 e. The summed E-state index contributed by atoms with van der Waals surface area (Å²) in [6.45, 7) is 0. The molecule has 0 radical (unpaired) electrons. The Bertz CT molecular complexity index is 545. The lowest BCUT2D eigenvalue weighted by Gasteiger charge is -2.16. The van der Waals surface area contributed by atoms with E-state index in [-0.39, 0.29) is 11.9 Å². The van der Waals surface area contributed by atoms with Crippen LogP contribution in [0.25, 0.3) is 0 Å². The van der Waals surface area contributed by atoms with Gasteiger partial charge in [-0.05, 0) is 48.6 Å². The molecule has 0 amide bonds. The largest absolute Gasteiger partial charge is 0.271 e. The lowest BCUT2D eigenvalue weighted by Crippen LogP contribution is -2.37. The third-order valence-corrected chi connectivity index (χ3v) is 3.83. The van der Waals surface area contributed by atoms with E-state index in [4.69, 9.17) is 5.84 Å². The Morgan fingerprint density at radius 2 is 1.90 bits per heavy atom. The molecule has 2 rings (SSSR count). The highest BCUT2D eigenvalue weighted by molar-refractivity contribution is 9.10. The van der Waals surface area contributed by atoms with Crippen molar-refractivity contribution in [1.29, 1.82) is 0 Å². The summed E-state index contributed by atoms with van der Waals surface area (Å²) in [6, 6.07) is 15.3. The Morgan fingerprint density at radius 1 is 1.15 bits per heavy atom. The molecule has 1 unspecified atom stereocenters. The molecule has 0 spiro atoms. The van der Waals surface area contributed by atoms with Crippen LogP contribution in [-0.2, 0) is 12.8 Å². The summed E-state index contributed by atoms with van der Waals surface area (Å²) in [6.07, 6.45) is 2.37. The first-order valence-electron chi connectivity index (χ1n) is 6.63. The lowest BCUT2D eigenvalue weighted by atomic mass is 9.99. The highest BCUT2D eigenvalue weighted by Gasteiger charge is 2.11. The molecule has 0 aromatic heterocycles. The summed E-state index contributed by atoms with van der Waals surface area (Å²) >= 11 is 3.37. The predicted octanol–water partition coefficient (Wildman–Crippen LogP) is 3.60. The van der Waals surface area contributed by atoms with E-state index in [2.05, 4.69) is 33.5 Å². The summed E-state index contributed by atoms with van der Waals surface area (Å²) < 4.78 is 14.6. The SMILES string of the molecule is NNC(CCc1ccccc1)Cc1cc(Br)ccc1F. The van der Waals surface area contributed by atoms with Crippen molar-refractivity contribution < 1.29 is 4.39 Å². The fourth-order valence-electron chi connectivity index (χ4n) is 2.20. The lowest BCUT2D eigenvalue weighted by molar-refractivity contribution is 0.480. The zero-order chi connectivity index (χ0) is 14.4. The van der Waals surface area contributed by atoms with E-state index in [9.17, 15) is 4.39 Å². The number of hydrogen-bond acceptors (Lipinski definition) is 2. The molecule has 106 valence electrons. The fraction of sp³-hybridized carbons (Fsp3) is 0.250. The molecule has 2 aromatic carbocycles. The van der Waals surface area contributed by atoms with Gasteiger partial charge in [-0.2, -0.15) is 0 Å². The number of rotatable bonds is 6. The second kappa shape index (κ2) is 7.53. The Labute approximate surface area is 127 Å². The number of hydrogen-bond donors (Lipinski definition) is 2. The van der Waals surface area contributed by atoms with Gasteiger partial charge in [0.25, 0.3) is 0 Å². The molecular formula is C16H18BrFN2. The number of aryl methyl sites for hydroxylation is 1. The minimum absolute atomic E-state index is 0.0546. The quantitative estimate of drug-likeness (QED) is 0.624. The third-order valence-electron chi connectivity index (χ3n) is 3.33. The zero-order valence-electron chi connectivity index (χ0n) is 11.2. The summed E-state index contributed by atoms with van der Waals surface area (Å²) in [5.41, 5.74) is 4.73. The average molecular weight is 337 g/mol. The van der Waals surface area contributed by atoms with Gasteiger partial charge in [0.1, 0.15) is 5.82 Å². The molecule has 2 nitrogen and oxygen atoms in total. The van der Waals surface area contributed by atoms with Crippen molar-refractivity contribution in [2.45, 2.75) is 25.3 Å². The van der Waals surface area contributed by atoms with Gasteiger partial charge in [-0.1, -0.05) is 46.3 Å². The molecule has 2 aromatic rings. The van der Waals surface area contributed by atoms with Crippen LogP contribution in [0.4, 0.5) is 4.39 Å². The van der Waals surface area contributed by atoms with Crippen molar-refractivity contribution in [3.8, 4) is 0 Å². The molecule has 3 N–H and O–H groups in total. The van der Waals surface area contributed by atoms with E-state index in [0.29, 0.717) is 12.0 Å². The Morgan fingerprint density at radius 3 is 2.60 bits per heavy atom. The van der Waals surface area contributed by atoms with Gasteiger partial charge in [0, 0.05) is 10.5 Å². The number of hydrazine groups is 1. The molecule has 1 atom stereocenters. The minimum Gasteiger partial charge on any atom is -0.271 e. The molecule has 20 heavy (non-hydrogen) atoms. The smallest absolute Gasteiger partial charge is 0.126 e. The second-order valence-electron chi connectivity index (χ2n) is 4.83. The number of halogens is 2. The molecule has 0 aliphatic heterocycles. The first kappa shape index (κ1) is 15.2. The van der Waals surface area contributed by atoms with Crippen molar-refractivity contribution in [2.24, 2.45) is 5.84 Å². The zero-order valence-corrected chi connectivity index (χ0v) is 12.7. The van der Waals surface area contributed by atoms with E-state index in [1.807, 2.05) is 24.3 Å². The average Bonchev–Trinajstić information content (AvgIpc) is 2.48. The van der Waals surface area contributed by atoms with Gasteiger partial charge >= 0.3 is 0 Å². The Hall–Kier alpha value is -1.23. The van der Waals surface area contributed by atoms with E-state index in [1.165, 1.54) is 11.6 Å². The summed E-state index contributed by atoms with van der Waals surface area (Å²) in [7, 11) is 0. The minimum atomic E-state index is -0.187. The molecule has 4 heteroatoms. The van der Waals surface area contributed by atoms with Gasteiger partial charge < -0.3 is 0 Å². The normalized spacial score (nSPS) is 12.3. The molecule has 0 aliphatic rings. The summed E-state index contributed by atoms with van der Waals surface area (Å²) in [4.78, 5) is 0. The van der Waals surface area contributed by atoms with Crippen LogP contribution >= 0.6 is 15.9 Å². The van der Waals surface area contributed by atoms with Crippen LogP contribution in [0.2, 0.25) is 0 Å². The number of nitrogens with one attached hydrogen (secondary N) is 1. The Balaban J connectivity index is 1.97. The van der Waals surface area contributed by atoms with Crippen molar-refractivity contribution >= 4 is 15.9 Å². The number of benzene rings is 2. The van der Waals surface area contributed by atoms with E-state index >= 15 is 0 Å². The van der Waals surface area contributed by atoms with Crippen LogP contribution in [0.5, 0.6) is 0 Å². The van der Waals surface area contributed by atoms with E-state index in [1.54, 1.807) is 6.07 Å². The molecule has 0 fully saturated rings. The molecule has 0 saturated heterocycles. The van der Waals surface area contributed by atoms with Crippen molar-refractivity contribution in [3.05, 3.63) is 69.9 Å². The van der Waals surface area contributed by atoms with Crippen molar-refractivity contribution in [3.63, 3.8) is 0 Å². The molecule has 0 heterocycles. The van der Waals surface area contributed by atoms with Crippen LogP contribution < -0.4 is 11.3 Å². The maximum absolute atomic E-state index is 13.7. The van der Waals surface area contributed by atoms with Gasteiger partial charge in [0.05, 0.1) is 0 Å². The molecular weight excluding hydrogens is 319 g/mol. The van der Waals surface area contributed by atoms with Gasteiger partial charge in [-0.15, -0.1) is 0 Å². The molecule has 0 saturated carbocycles. The van der Waals surface area contributed by atoms with Gasteiger partial charge in [-0.3, -0.25) is 11.3 Å². The predicted molar refractivity (Wildman–Crippen MR) is 83.7 cm³/mol. The topological polar surface area (TPSA) is 38.0 Å². The Kier molecular flexibility index (Phi) is 5.71. The van der Waals surface area contributed by atoms with Crippen LogP contribution in [0, 0.1) is 5.82 Å². The fourth-order valence-corrected chi connectivity index (χ4v) is 2.60. The summed E-state index contributed by atoms with van der Waals surface area (Å²) in [5, 5.41) is 0. The monoisotopic (exact) mass is 336 g/mol. The number of nitrogens with two attached hydrogens (primary N) is 1. The van der Waals surface area contributed by atoms with E-state index in [0.717, 1.165) is 17.3 Å². The van der Waals surface area contributed by atoms with Crippen LogP contribution in [0.3, 0.4) is 0 Å². The third kappa shape index (κ3) is 4.40. The molecule has 0 aliphatic carbocycles. The van der Waals surface area contributed by atoms with Crippen LogP contribution in [-0.4, -0.2) is 6.04 Å². The van der Waals surface area contributed by atoms with Gasteiger partial charge in [0.15, 0.2) is 0 Å². The van der Waals surface area contributed by atoms with Crippen molar-refractivity contribution in [2.75, 3.05) is 0 Å². The highest BCUT2D eigenvalue weighted by atomic mass is 79.9. The first-order valence-corrected chi connectivity index (χ1v) is 7.42. The van der Waals surface area contributed by atoms with Crippen LogP contribution in [0.1, 0.15) is 17.5 Å². The van der Waals surface area contributed by atoms with E-state index < -0.39 is 0 Å². The standard InChI is InChI=1S/C16H18BrFN2/c17-14-7-9-16(18)13(10-14)11-15(20-19)8-6-12-4-2-1-3-5-12/h1-5,7,9-10,15,20H,6,8,11,19H2. The van der Waals surface area contributed by atoms with Crippen LogP contribution in [0.15, 0.2) is 53.0 Å². The van der Waals surface area contributed by atoms with Gasteiger partial charge in [0.2, 0.25) is 0 Å². The van der Waals surface area contributed by atoms with Gasteiger partial charge in [-0.25, -0.2) is 4.39 Å². The second-order valence-corrected chi connectivity index (χ2v) is 5.74. The first-order chi connectivity index (χ1) is 9.69. The van der Waals surface area contributed by atoms with Crippen molar-refractivity contribution in [1.82, 2.24) is 5.43 Å². The highest BCUT2D eigenvalue weighted by Crippen LogP contribution is 2.18. The molecule has 0 bridgehead atoms. The summed E-state index contributed by atoms with van der Waals surface area (Å²) in [5.74, 6) is 5.40.